The Kier molecular flexibility index (Phi) is 2.94. The van der Waals surface area contributed by atoms with Gasteiger partial charge in [-0.15, -0.1) is 0 Å². The average molecular weight is 263 g/mol. The third-order valence-corrected chi connectivity index (χ3v) is 2.86. The lowest BCUT2D eigenvalue weighted by Crippen LogP contribution is -2.06. The maximum absolute atomic E-state index is 12.3. The molecule has 1 heterocycles. The molecule has 1 aliphatic rings. The molecule has 0 unspecified atom stereocenters. The van der Waals surface area contributed by atoms with Crippen LogP contribution in [0.15, 0.2) is 60.6 Å². The van der Waals surface area contributed by atoms with Gasteiger partial charge >= 0.3 is 0 Å². The summed E-state index contributed by atoms with van der Waals surface area (Å²) in [5.41, 5.74) is 1.12. The number of hydrogen-bond acceptors (Lipinski definition) is 4. The van der Waals surface area contributed by atoms with Crippen molar-refractivity contribution in [3.63, 3.8) is 0 Å². The first-order valence-electron chi connectivity index (χ1n) is 5.96. The molecular weight excluding hydrogens is 254 g/mol. The maximum atomic E-state index is 12.3. The molecule has 0 radical (unpaired) electrons. The summed E-state index contributed by atoms with van der Waals surface area (Å²) in [4.78, 5) is 12.3. The van der Waals surface area contributed by atoms with Crippen LogP contribution in [0, 0.1) is 11.3 Å². The average Bonchev–Trinajstić information content (AvgIpc) is 2.54. The first-order valence-corrected chi connectivity index (χ1v) is 5.96. The number of nitrogens with zero attached hydrogens (tertiary/aromatic N) is 1. The minimum Gasteiger partial charge on any atom is -0.456 e. The van der Waals surface area contributed by atoms with Gasteiger partial charge in [0.15, 0.2) is 17.3 Å². The zero-order valence-corrected chi connectivity index (χ0v) is 10.4. The lowest BCUT2D eigenvalue weighted by atomic mass is 10.0. The van der Waals surface area contributed by atoms with Crippen LogP contribution in [0.2, 0.25) is 0 Å². The number of rotatable bonds is 2. The summed E-state index contributed by atoms with van der Waals surface area (Å²) >= 11 is 0. The van der Waals surface area contributed by atoms with Crippen molar-refractivity contribution in [3.05, 3.63) is 71.7 Å². The fraction of sp³-hybridized carbons (Fsp3) is 0. The minimum atomic E-state index is -0.0907. The Labute approximate surface area is 115 Å². The first-order chi connectivity index (χ1) is 9.78. The van der Waals surface area contributed by atoms with Gasteiger partial charge in [0.1, 0.15) is 12.3 Å². The summed E-state index contributed by atoms with van der Waals surface area (Å²) in [6, 6.07) is 15.7. The van der Waals surface area contributed by atoms with Crippen LogP contribution < -0.4 is 9.47 Å². The van der Waals surface area contributed by atoms with Crippen LogP contribution in [0.3, 0.4) is 0 Å². The largest absolute Gasteiger partial charge is 0.456 e. The Morgan fingerprint density at radius 2 is 1.80 bits per heavy atom. The number of hydrogen-bond donors (Lipinski definition) is 0. The second-order valence-corrected chi connectivity index (χ2v) is 4.17. The second-order valence-electron chi connectivity index (χ2n) is 4.17. The van der Waals surface area contributed by atoms with Crippen molar-refractivity contribution < 1.29 is 14.3 Å². The van der Waals surface area contributed by atoms with Crippen molar-refractivity contribution in [2.24, 2.45) is 0 Å². The van der Waals surface area contributed by atoms with Crippen molar-refractivity contribution in [1.29, 1.82) is 5.26 Å². The van der Waals surface area contributed by atoms with Crippen LogP contribution in [-0.2, 0) is 0 Å². The van der Waals surface area contributed by atoms with Gasteiger partial charge in [0, 0.05) is 11.1 Å². The van der Waals surface area contributed by atoms with Gasteiger partial charge in [0.2, 0.25) is 5.76 Å². The molecule has 4 heteroatoms. The van der Waals surface area contributed by atoms with Gasteiger partial charge < -0.3 is 9.47 Å². The Balaban J connectivity index is 1.93. The minimum absolute atomic E-state index is 0.0830. The molecule has 3 rings (SSSR count). The molecule has 0 aliphatic carbocycles. The van der Waals surface area contributed by atoms with E-state index in [1.54, 1.807) is 30.3 Å². The second kappa shape index (κ2) is 4.90. The fourth-order valence-corrected chi connectivity index (χ4v) is 1.89. The fourth-order valence-electron chi connectivity index (χ4n) is 1.89. The summed E-state index contributed by atoms with van der Waals surface area (Å²) in [7, 11) is 0. The molecule has 0 N–H and O–H groups in total. The van der Waals surface area contributed by atoms with Crippen LogP contribution >= 0.6 is 0 Å². The smallest absolute Gasteiger partial charge is 0.239 e. The molecule has 0 fully saturated rings. The number of carbonyl (C=O) groups is 1. The monoisotopic (exact) mass is 263 g/mol. The molecule has 0 aromatic heterocycles. The van der Waals surface area contributed by atoms with E-state index in [0.717, 1.165) is 0 Å². The van der Waals surface area contributed by atoms with Gasteiger partial charge in [-0.05, 0) is 18.2 Å². The highest BCUT2D eigenvalue weighted by Crippen LogP contribution is 2.33. The highest BCUT2D eigenvalue weighted by atomic mass is 16.6. The summed E-state index contributed by atoms with van der Waals surface area (Å²) < 4.78 is 10.6. The molecule has 20 heavy (non-hydrogen) atoms. The van der Waals surface area contributed by atoms with Crippen LogP contribution in [0.5, 0.6) is 11.5 Å². The van der Waals surface area contributed by atoms with E-state index in [2.05, 4.69) is 0 Å². The van der Waals surface area contributed by atoms with E-state index < -0.39 is 0 Å². The number of nitriles is 1. The Morgan fingerprint density at radius 3 is 2.55 bits per heavy atom. The van der Waals surface area contributed by atoms with Crippen molar-refractivity contribution in [3.8, 4) is 17.6 Å². The van der Waals surface area contributed by atoms with Crippen molar-refractivity contribution in [1.82, 2.24) is 0 Å². The highest BCUT2D eigenvalue weighted by molar-refractivity contribution is 6.09. The van der Waals surface area contributed by atoms with E-state index in [4.69, 9.17) is 14.7 Å². The molecule has 0 saturated carbocycles. The van der Waals surface area contributed by atoms with E-state index >= 15 is 0 Å². The topological polar surface area (TPSA) is 59.3 Å². The normalized spacial score (nSPS) is 12.2. The zero-order chi connectivity index (χ0) is 13.9. The zero-order valence-electron chi connectivity index (χ0n) is 10.4. The third kappa shape index (κ3) is 2.13. The number of allylic oxidation sites excluding steroid dienone is 1. The number of ether oxygens (including phenoxy) is 2. The van der Waals surface area contributed by atoms with E-state index in [-0.39, 0.29) is 11.5 Å². The lowest BCUT2D eigenvalue weighted by molar-refractivity contribution is 0.103. The van der Waals surface area contributed by atoms with E-state index in [1.807, 2.05) is 24.3 Å². The molecule has 2 aromatic carbocycles. The van der Waals surface area contributed by atoms with Crippen LogP contribution in [-0.4, -0.2) is 5.78 Å². The molecule has 0 spiro atoms. The van der Waals surface area contributed by atoms with Gasteiger partial charge in [0.25, 0.3) is 0 Å². The molecule has 96 valence electrons. The van der Waals surface area contributed by atoms with Crippen molar-refractivity contribution in [2.45, 2.75) is 0 Å². The van der Waals surface area contributed by atoms with E-state index in [9.17, 15) is 4.79 Å². The van der Waals surface area contributed by atoms with Crippen LogP contribution in [0.25, 0.3) is 0 Å². The molecule has 1 aliphatic heterocycles. The Morgan fingerprint density at radius 1 is 1.00 bits per heavy atom. The van der Waals surface area contributed by atoms with Gasteiger partial charge in [-0.1, -0.05) is 30.3 Å². The third-order valence-electron chi connectivity index (χ3n) is 2.86. The predicted octanol–water partition coefficient (Wildman–Crippen LogP) is 3.05. The molecule has 0 bridgehead atoms. The standard InChI is InChI=1S/C16H9NO3/c17-9-13-10-19-15-8-12(6-7-14(15)20-13)16(18)11-4-2-1-3-5-11/h1-8,10H. The summed E-state index contributed by atoms with van der Waals surface area (Å²) in [6.45, 7) is 0. The summed E-state index contributed by atoms with van der Waals surface area (Å²) in [5.74, 6) is 0.839. The van der Waals surface area contributed by atoms with Crippen molar-refractivity contribution in [2.75, 3.05) is 0 Å². The van der Waals surface area contributed by atoms with E-state index in [1.165, 1.54) is 6.26 Å². The van der Waals surface area contributed by atoms with Gasteiger partial charge in [0.05, 0.1) is 0 Å². The number of carbonyl (C=O) groups excluding carboxylic acids is 1. The summed E-state index contributed by atoms with van der Waals surface area (Å²) in [5, 5.41) is 8.73. The highest BCUT2D eigenvalue weighted by Gasteiger charge is 2.17. The number of fused-ring (bicyclic) bond motifs is 1. The van der Waals surface area contributed by atoms with Gasteiger partial charge in [-0.3, -0.25) is 4.79 Å². The SMILES string of the molecule is N#CC1=COc2cc(C(=O)c3ccccc3)ccc2O1. The van der Waals surface area contributed by atoms with Gasteiger partial charge in [-0.2, -0.15) is 5.26 Å². The molecule has 4 nitrogen and oxygen atoms in total. The predicted molar refractivity (Wildman–Crippen MR) is 71.3 cm³/mol. The van der Waals surface area contributed by atoms with E-state index in [0.29, 0.717) is 22.6 Å². The quantitative estimate of drug-likeness (QED) is 0.781. The Hall–Kier alpha value is -3.06. The molecule has 2 aromatic rings. The van der Waals surface area contributed by atoms with Crippen LogP contribution in [0.1, 0.15) is 15.9 Å². The summed E-state index contributed by atoms with van der Waals surface area (Å²) in [6.07, 6.45) is 1.22. The van der Waals surface area contributed by atoms with Crippen molar-refractivity contribution >= 4 is 5.78 Å². The maximum Gasteiger partial charge on any atom is 0.239 e. The lowest BCUT2D eigenvalue weighted by Gasteiger charge is -2.15. The van der Waals surface area contributed by atoms with Gasteiger partial charge in [-0.25, -0.2) is 0 Å². The Bertz CT molecular complexity index is 742. The first kappa shape index (κ1) is 12.0. The molecule has 0 amide bonds. The molecular formula is C16H9NO3. The number of ketones is 1. The number of benzene rings is 2. The molecule has 0 saturated heterocycles. The molecule has 0 atom stereocenters. The van der Waals surface area contributed by atoms with Crippen LogP contribution in [0.4, 0.5) is 0 Å².